The molecule has 1 aliphatic rings. The fourth-order valence-corrected chi connectivity index (χ4v) is 6.53. The first-order valence-corrected chi connectivity index (χ1v) is 17.7. The Bertz CT molecular complexity index is 2130. The van der Waals surface area contributed by atoms with Gasteiger partial charge in [0.05, 0.1) is 44.2 Å². The predicted molar refractivity (Wildman–Crippen MR) is 202 cm³/mol. The number of nitrogens with one attached hydrogen (secondary N) is 4. The van der Waals surface area contributed by atoms with Crippen LogP contribution in [-0.4, -0.2) is 95.2 Å². The minimum atomic E-state index is -2.18. The van der Waals surface area contributed by atoms with Crippen molar-refractivity contribution in [2.24, 2.45) is 10.4 Å². The predicted octanol–water partition coefficient (Wildman–Crippen LogP) is 2.48. The van der Waals surface area contributed by atoms with E-state index in [1.165, 1.54) is 12.1 Å². The lowest BCUT2D eigenvalue weighted by atomic mass is 9.91. The van der Waals surface area contributed by atoms with Crippen LogP contribution in [0.3, 0.4) is 0 Å². The summed E-state index contributed by atoms with van der Waals surface area (Å²) in [7, 11) is 0.843. The third kappa shape index (κ3) is 11.3. The molecule has 0 radical (unpaired) electrons. The second kappa shape index (κ2) is 18.9. The van der Waals surface area contributed by atoms with E-state index in [-0.39, 0.29) is 29.3 Å². The first kappa shape index (κ1) is 45.0. The minimum Gasteiger partial charge on any atom is -0.480 e. The SMILES string of the molecule is CN1C([N+](=O)[O-])=C([N+](=O)[O-])c2c(ccc(N=C(NC#N)Nc3ccc([N+](=O)[O-])cc3)c2C(=O)NC(CCSCC(NC(=O)CC(C)(C)C)C(=O)O)C(=O)O)C1[N+](=O)[O-]. The van der Waals surface area contributed by atoms with Crippen molar-refractivity contribution < 1.29 is 49.1 Å². The molecule has 2 aromatic rings. The lowest BCUT2D eigenvalue weighted by Crippen LogP contribution is -2.44. The van der Waals surface area contributed by atoms with Crippen molar-refractivity contribution in [1.82, 2.24) is 20.9 Å². The average Bonchev–Trinajstić information content (AvgIpc) is 3.10. The van der Waals surface area contributed by atoms with Crippen LogP contribution in [0.5, 0.6) is 0 Å². The van der Waals surface area contributed by atoms with E-state index in [0.29, 0.717) is 4.90 Å². The molecule has 0 saturated heterocycles. The van der Waals surface area contributed by atoms with Crippen LogP contribution in [0.2, 0.25) is 0 Å². The zero-order valence-corrected chi connectivity index (χ0v) is 31.7. The molecule has 0 fully saturated rings. The summed E-state index contributed by atoms with van der Waals surface area (Å²) < 4.78 is 0. The summed E-state index contributed by atoms with van der Waals surface area (Å²) in [5.74, 6) is -7.30. The summed E-state index contributed by atoms with van der Waals surface area (Å²) in [6.07, 6.45) is -1.04. The highest BCUT2D eigenvalue weighted by Gasteiger charge is 2.53. The number of nitrogens with zero attached hydrogens (tertiary/aromatic N) is 7. The van der Waals surface area contributed by atoms with Crippen LogP contribution < -0.4 is 21.3 Å². The van der Waals surface area contributed by atoms with Crippen LogP contribution in [-0.2, 0) is 14.4 Å². The van der Waals surface area contributed by atoms with Gasteiger partial charge in [0.1, 0.15) is 12.1 Å². The summed E-state index contributed by atoms with van der Waals surface area (Å²) in [6.45, 7) is 5.31. The molecule has 25 nitrogen and oxygen atoms in total. The molecule has 58 heavy (non-hydrogen) atoms. The van der Waals surface area contributed by atoms with Crippen LogP contribution in [0.4, 0.5) is 17.1 Å². The highest BCUT2D eigenvalue weighted by Crippen LogP contribution is 2.43. The third-order valence-electron chi connectivity index (χ3n) is 7.94. The van der Waals surface area contributed by atoms with E-state index in [1.807, 2.05) is 0 Å². The van der Waals surface area contributed by atoms with E-state index in [1.54, 1.807) is 27.0 Å². The highest BCUT2D eigenvalue weighted by molar-refractivity contribution is 7.99. The molecule has 2 aromatic carbocycles. The van der Waals surface area contributed by atoms with Gasteiger partial charge >= 0.3 is 29.6 Å². The number of anilines is 1. The summed E-state index contributed by atoms with van der Waals surface area (Å²) in [6, 6.07) is 3.27. The average molecular weight is 830 g/mol. The molecular weight excluding hydrogens is 794 g/mol. The number of amides is 2. The van der Waals surface area contributed by atoms with Gasteiger partial charge in [-0.1, -0.05) is 20.8 Å². The molecule has 0 saturated carbocycles. The number of hydrogen-bond acceptors (Lipinski definition) is 16. The molecule has 6 N–H and O–H groups in total. The Balaban J connectivity index is 2.14. The summed E-state index contributed by atoms with van der Waals surface area (Å²) in [5, 5.41) is 86.4. The van der Waals surface area contributed by atoms with Crippen LogP contribution in [0.15, 0.2) is 47.2 Å². The van der Waals surface area contributed by atoms with Gasteiger partial charge in [0.2, 0.25) is 11.9 Å². The maximum atomic E-state index is 14.2. The number of guanidine groups is 1. The van der Waals surface area contributed by atoms with E-state index < -0.39 is 113 Å². The Kier molecular flexibility index (Phi) is 14.7. The minimum absolute atomic E-state index is 0.0141. The van der Waals surface area contributed by atoms with E-state index in [0.717, 1.165) is 43.1 Å². The van der Waals surface area contributed by atoms with Crippen molar-refractivity contribution in [2.75, 3.05) is 23.9 Å². The number of nitriles is 1. The molecule has 1 heterocycles. The quantitative estimate of drug-likeness (QED) is 0.0253. The number of benzene rings is 2. The summed E-state index contributed by atoms with van der Waals surface area (Å²) >= 11 is 0.904. The number of thioether (sulfide) groups is 1. The molecule has 0 aromatic heterocycles. The van der Waals surface area contributed by atoms with Crippen molar-refractivity contribution in [2.45, 2.75) is 51.9 Å². The van der Waals surface area contributed by atoms with Gasteiger partial charge in [0.15, 0.2) is 6.19 Å². The lowest BCUT2D eigenvalue weighted by Gasteiger charge is -2.26. The second-order valence-corrected chi connectivity index (χ2v) is 14.6. The maximum Gasteiger partial charge on any atom is 0.403 e. The molecule has 0 bridgehead atoms. The monoisotopic (exact) mass is 829 g/mol. The smallest absolute Gasteiger partial charge is 0.403 e. The van der Waals surface area contributed by atoms with Gasteiger partial charge in [-0.05, 0) is 46.8 Å². The van der Waals surface area contributed by atoms with Crippen molar-refractivity contribution in [3.63, 3.8) is 0 Å². The first-order valence-electron chi connectivity index (χ1n) is 16.5. The van der Waals surface area contributed by atoms with Crippen LogP contribution >= 0.6 is 11.8 Å². The van der Waals surface area contributed by atoms with Gasteiger partial charge in [-0.15, -0.1) is 0 Å². The molecule has 2 amide bonds. The number of rotatable bonds is 17. The topological polar surface area (TPSA) is 369 Å². The number of non-ortho nitro benzene ring substituents is 1. The molecule has 308 valence electrons. The molecule has 1 aliphatic heterocycles. The van der Waals surface area contributed by atoms with E-state index in [9.17, 15) is 75.1 Å². The number of carbonyl (C=O) groups excluding carboxylic acids is 2. The Labute approximate surface area is 330 Å². The van der Waals surface area contributed by atoms with Gasteiger partial charge < -0.3 is 36.3 Å². The standard InChI is InChI=1S/C32H35N11O14S/c1-32(2,3)13-22(44)36-21(30(48)49)14-58-12-11-20(29(46)47)37-26(45)24-19(38-31(34-15-33)35-16-5-7-17(8-6-16)40(50)51)10-9-18-23(24)25(41(52)53)28(43(56)57)39(4)27(18)42(54)55/h5-10,20-21,27H,11-14H2,1-4H3,(H,36,44)(H,37,45)(H,46,47)(H,48,49)(H2,34,35,38). The zero-order valence-electron chi connectivity index (χ0n) is 30.9. The molecule has 3 unspecified atom stereocenters. The molecule has 0 spiro atoms. The number of aliphatic carboxylic acids is 2. The fourth-order valence-electron chi connectivity index (χ4n) is 5.50. The number of hydrogen-bond donors (Lipinski definition) is 6. The van der Waals surface area contributed by atoms with E-state index in [2.05, 4.69) is 26.3 Å². The first-order chi connectivity index (χ1) is 27.1. The normalized spacial score (nSPS) is 14.8. The number of nitro benzene ring substituents is 1. The maximum absolute atomic E-state index is 14.2. The molecule has 3 rings (SSSR count). The Morgan fingerprint density at radius 3 is 2.05 bits per heavy atom. The van der Waals surface area contributed by atoms with Gasteiger partial charge in [-0.2, -0.15) is 21.9 Å². The molecule has 3 atom stereocenters. The fraction of sp³-hybridized carbons (Fsp3) is 0.375. The Morgan fingerprint density at radius 1 is 0.931 bits per heavy atom. The summed E-state index contributed by atoms with van der Waals surface area (Å²) in [4.78, 5) is 99.0. The second-order valence-electron chi connectivity index (χ2n) is 13.4. The number of carboxylic acids is 2. The van der Waals surface area contributed by atoms with Crippen LogP contribution in [0, 0.1) is 57.3 Å². The van der Waals surface area contributed by atoms with Crippen LogP contribution in [0.25, 0.3) is 5.70 Å². The number of nitro groups is 4. The summed E-state index contributed by atoms with van der Waals surface area (Å²) in [5.41, 5.74) is -5.20. The number of fused-ring (bicyclic) bond motifs is 1. The van der Waals surface area contributed by atoms with E-state index >= 15 is 0 Å². The van der Waals surface area contributed by atoms with E-state index in [4.69, 9.17) is 0 Å². The third-order valence-corrected chi connectivity index (χ3v) is 9.03. The highest BCUT2D eigenvalue weighted by atomic mass is 32.2. The van der Waals surface area contributed by atoms with Crippen molar-refractivity contribution >= 4 is 64.2 Å². The van der Waals surface area contributed by atoms with Crippen molar-refractivity contribution in [1.29, 1.82) is 5.26 Å². The van der Waals surface area contributed by atoms with Crippen molar-refractivity contribution in [3.8, 4) is 6.19 Å². The van der Waals surface area contributed by atoms with Gasteiger partial charge in [-0.3, -0.25) is 45.2 Å². The molecular formula is C32H35N11O14S. The number of carboxylic acid groups (broad SMARTS) is 2. The largest absolute Gasteiger partial charge is 0.480 e. The lowest BCUT2D eigenvalue weighted by molar-refractivity contribution is -0.572. The molecule has 26 heteroatoms. The van der Waals surface area contributed by atoms with Crippen LogP contribution in [0.1, 0.15) is 61.3 Å². The number of carbonyl (C=O) groups is 4. The van der Waals surface area contributed by atoms with Gasteiger partial charge in [0.25, 0.3) is 11.6 Å². The Morgan fingerprint density at radius 2 is 1.55 bits per heavy atom. The Hall–Kier alpha value is -7.43. The zero-order chi connectivity index (χ0) is 43.6. The number of aliphatic imine (C=N–C) groups is 1. The van der Waals surface area contributed by atoms with Crippen molar-refractivity contribution in [3.05, 3.63) is 99.4 Å². The van der Waals surface area contributed by atoms with Gasteiger partial charge in [-0.25, -0.2) is 14.6 Å². The molecule has 0 aliphatic carbocycles. The van der Waals surface area contributed by atoms with Gasteiger partial charge in [0, 0.05) is 30.0 Å².